The lowest BCUT2D eigenvalue weighted by Gasteiger charge is -2.20. The van der Waals surface area contributed by atoms with Gasteiger partial charge >= 0.3 is 0 Å². The summed E-state index contributed by atoms with van der Waals surface area (Å²) in [5, 5.41) is 7.76. The Kier molecular flexibility index (Phi) is 8.51. The van der Waals surface area contributed by atoms with Crippen molar-refractivity contribution in [3.8, 4) is 0 Å². The van der Waals surface area contributed by atoms with Gasteiger partial charge in [0.05, 0.1) is 11.6 Å². The first kappa shape index (κ1) is 17.6. The van der Waals surface area contributed by atoms with Crippen LogP contribution >= 0.6 is 35.3 Å². The van der Waals surface area contributed by atoms with Crippen molar-refractivity contribution in [1.82, 2.24) is 15.6 Å². The molecule has 18 heavy (non-hydrogen) atoms. The fraction of sp³-hybridized carbons (Fsp3) is 0.667. The van der Waals surface area contributed by atoms with Crippen LogP contribution in [0.15, 0.2) is 11.2 Å². The summed E-state index contributed by atoms with van der Waals surface area (Å²) >= 11 is 1.71. The van der Waals surface area contributed by atoms with E-state index in [1.54, 1.807) is 18.4 Å². The molecule has 0 aromatic carbocycles. The summed E-state index contributed by atoms with van der Waals surface area (Å²) in [7, 11) is 1.79. The second kappa shape index (κ2) is 8.68. The van der Waals surface area contributed by atoms with Crippen molar-refractivity contribution in [1.29, 1.82) is 0 Å². The van der Waals surface area contributed by atoms with Crippen molar-refractivity contribution in [3.63, 3.8) is 0 Å². The summed E-state index contributed by atoms with van der Waals surface area (Å²) in [6.45, 7) is 9.33. The van der Waals surface area contributed by atoms with Gasteiger partial charge in [-0.1, -0.05) is 13.8 Å². The molecule has 6 heteroatoms. The third-order valence-electron chi connectivity index (χ3n) is 2.69. The molecular formula is C12H23IN4S. The third-order valence-corrected chi connectivity index (χ3v) is 3.60. The number of aryl methyl sites for hydroxylation is 1. The molecule has 4 nitrogen and oxygen atoms in total. The number of aromatic nitrogens is 1. The van der Waals surface area contributed by atoms with E-state index >= 15 is 0 Å². The van der Waals surface area contributed by atoms with Gasteiger partial charge in [-0.05, 0) is 19.8 Å². The minimum absolute atomic E-state index is 0. The summed E-state index contributed by atoms with van der Waals surface area (Å²) in [5.41, 5.74) is 0. The molecule has 0 aliphatic heterocycles. The second-order valence-electron chi connectivity index (χ2n) is 4.45. The summed E-state index contributed by atoms with van der Waals surface area (Å²) in [4.78, 5) is 9.66. The Labute approximate surface area is 131 Å². The van der Waals surface area contributed by atoms with Crippen molar-refractivity contribution in [3.05, 3.63) is 16.1 Å². The van der Waals surface area contributed by atoms with Gasteiger partial charge in [-0.3, -0.25) is 4.99 Å². The van der Waals surface area contributed by atoms with Gasteiger partial charge in [0.1, 0.15) is 0 Å². The Bertz CT molecular complexity index is 376. The molecule has 0 saturated heterocycles. The van der Waals surface area contributed by atoms with Crippen LogP contribution in [0.2, 0.25) is 0 Å². The third kappa shape index (κ3) is 5.99. The number of rotatable bonds is 4. The van der Waals surface area contributed by atoms with Crippen molar-refractivity contribution in [2.24, 2.45) is 10.9 Å². The van der Waals surface area contributed by atoms with E-state index in [1.807, 2.05) is 13.1 Å². The molecule has 2 N–H and O–H groups in total. The van der Waals surface area contributed by atoms with Gasteiger partial charge in [-0.2, -0.15) is 0 Å². The summed E-state index contributed by atoms with van der Waals surface area (Å²) in [5.74, 6) is 1.43. The molecule has 0 bridgehead atoms. The van der Waals surface area contributed by atoms with Crippen LogP contribution in [0.5, 0.6) is 0 Å². The number of nitrogens with zero attached hydrogens (tertiary/aromatic N) is 2. The Morgan fingerprint density at radius 3 is 2.56 bits per heavy atom. The summed E-state index contributed by atoms with van der Waals surface area (Å²) in [6.07, 6.45) is 1.91. The Hall–Kier alpha value is -0.370. The van der Waals surface area contributed by atoms with Crippen LogP contribution in [-0.4, -0.2) is 24.0 Å². The van der Waals surface area contributed by atoms with Crippen molar-refractivity contribution in [2.45, 2.75) is 40.3 Å². The van der Waals surface area contributed by atoms with Gasteiger partial charge in [-0.15, -0.1) is 35.3 Å². The molecule has 104 valence electrons. The molecule has 0 radical (unpaired) electrons. The van der Waals surface area contributed by atoms with Crippen molar-refractivity contribution < 1.29 is 0 Å². The molecule has 0 amide bonds. The van der Waals surface area contributed by atoms with Gasteiger partial charge < -0.3 is 10.6 Å². The van der Waals surface area contributed by atoms with E-state index in [4.69, 9.17) is 0 Å². The molecule has 0 aliphatic carbocycles. The lowest BCUT2D eigenvalue weighted by molar-refractivity contribution is 0.481. The first-order chi connectivity index (χ1) is 8.02. The van der Waals surface area contributed by atoms with Gasteiger partial charge in [-0.25, -0.2) is 4.98 Å². The molecule has 0 aliphatic rings. The average molecular weight is 382 g/mol. The molecule has 1 rings (SSSR count). The predicted octanol–water partition coefficient (Wildman–Crippen LogP) is 2.78. The smallest absolute Gasteiger partial charge is 0.191 e. The number of hydrogen-bond acceptors (Lipinski definition) is 3. The molecule has 0 saturated carbocycles. The topological polar surface area (TPSA) is 49.3 Å². The quantitative estimate of drug-likeness (QED) is 0.478. The molecule has 1 aromatic heterocycles. The molecule has 1 atom stereocenters. The van der Waals surface area contributed by atoms with E-state index in [1.165, 1.54) is 4.88 Å². The number of nitrogens with one attached hydrogen (secondary N) is 2. The van der Waals surface area contributed by atoms with Gasteiger partial charge in [0.25, 0.3) is 0 Å². The fourth-order valence-electron chi connectivity index (χ4n) is 1.23. The van der Waals surface area contributed by atoms with Crippen LogP contribution in [-0.2, 0) is 6.54 Å². The molecule has 1 unspecified atom stereocenters. The van der Waals surface area contributed by atoms with E-state index in [2.05, 4.69) is 41.4 Å². The monoisotopic (exact) mass is 382 g/mol. The van der Waals surface area contributed by atoms with Crippen molar-refractivity contribution >= 4 is 41.3 Å². The van der Waals surface area contributed by atoms with Crippen molar-refractivity contribution in [2.75, 3.05) is 7.05 Å². The maximum atomic E-state index is 4.23. The molecular weight excluding hydrogens is 359 g/mol. The molecule has 0 fully saturated rings. The van der Waals surface area contributed by atoms with Gasteiger partial charge in [0, 0.05) is 24.2 Å². The van der Waals surface area contributed by atoms with E-state index in [-0.39, 0.29) is 24.0 Å². The highest BCUT2D eigenvalue weighted by atomic mass is 127. The fourth-order valence-corrected chi connectivity index (χ4v) is 1.97. The van der Waals surface area contributed by atoms with Crippen LogP contribution in [0, 0.1) is 12.8 Å². The normalized spacial score (nSPS) is 13.1. The van der Waals surface area contributed by atoms with Crippen LogP contribution in [0.3, 0.4) is 0 Å². The second-order valence-corrected chi connectivity index (χ2v) is 5.77. The van der Waals surface area contributed by atoms with E-state index in [0.29, 0.717) is 12.0 Å². The molecule has 1 heterocycles. The minimum Gasteiger partial charge on any atom is -0.354 e. The maximum Gasteiger partial charge on any atom is 0.191 e. The molecule has 0 spiro atoms. The van der Waals surface area contributed by atoms with Crippen LogP contribution in [0.4, 0.5) is 0 Å². The zero-order chi connectivity index (χ0) is 12.8. The van der Waals surface area contributed by atoms with Crippen LogP contribution in [0.1, 0.15) is 30.7 Å². The minimum atomic E-state index is 0. The summed E-state index contributed by atoms with van der Waals surface area (Å²) in [6, 6.07) is 0.407. The zero-order valence-electron chi connectivity index (χ0n) is 11.7. The number of guanidine groups is 1. The largest absolute Gasteiger partial charge is 0.354 e. The first-order valence-electron chi connectivity index (χ1n) is 5.91. The highest BCUT2D eigenvalue weighted by Gasteiger charge is 2.08. The Morgan fingerprint density at radius 2 is 2.11 bits per heavy atom. The predicted molar refractivity (Wildman–Crippen MR) is 89.9 cm³/mol. The maximum absolute atomic E-state index is 4.23. The highest BCUT2D eigenvalue weighted by molar-refractivity contribution is 14.0. The van der Waals surface area contributed by atoms with E-state index < -0.39 is 0 Å². The SMILES string of the molecule is CN=C(NCc1cnc(C)s1)NC(C)C(C)C.I. The number of thiazole rings is 1. The lowest BCUT2D eigenvalue weighted by atomic mass is 10.1. The van der Waals surface area contributed by atoms with E-state index in [0.717, 1.165) is 17.5 Å². The zero-order valence-corrected chi connectivity index (χ0v) is 14.8. The number of aliphatic imine (C=N–C) groups is 1. The Balaban J connectivity index is 0.00000289. The average Bonchev–Trinajstić information content (AvgIpc) is 2.69. The highest BCUT2D eigenvalue weighted by Crippen LogP contribution is 2.10. The first-order valence-corrected chi connectivity index (χ1v) is 6.73. The van der Waals surface area contributed by atoms with Gasteiger partial charge in [0.2, 0.25) is 0 Å². The lowest BCUT2D eigenvalue weighted by Crippen LogP contribution is -2.43. The number of hydrogen-bond donors (Lipinski definition) is 2. The Morgan fingerprint density at radius 1 is 1.44 bits per heavy atom. The van der Waals surface area contributed by atoms with Gasteiger partial charge in [0.15, 0.2) is 5.96 Å². The van der Waals surface area contributed by atoms with Crippen LogP contribution in [0.25, 0.3) is 0 Å². The standard InChI is InChI=1S/C12H22N4S.HI/c1-8(2)9(3)16-12(13-5)15-7-11-6-14-10(4)17-11;/h6,8-9H,7H2,1-5H3,(H2,13,15,16);1H. The van der Waals surface area contributed by atoms with Crippen LogP contribution < -0.4 is 10.6 Å². The van der Waals surface area contributed by atoms with E-state index in [9.17, 15) is 0 Å². The summed E-state index contributed by atoms with van der Waals surface area (Å²) < 4.78 is 0. The number of halogens is 1. The molecule has 1 aromatic rings.